The van der Waals surface area contributed by atoms with E-state index >= 15 is 0 Å². The topological polar surface area (TPSA) is 71.2 Å². The third-order valence-corrected chi connectivity index (χ3v) is 5.11. The van der Waals surface area contributed by atoms with Crippen molar-refractivity contribution in [2.75, 3.05) is 19.8 Å². The number of aromatic nitrogens is 3. The van der Waals surface area contributed by atoms with Crippen molar-refractivity contribution in [1.29, 1.82) is 0 Å². The van der Waals surface area contributed by atoms with Crippen molar-refractivity contribution >= 4 is 17.7 Å². The lowest BCUT2D eigenvalue weighted by molar-refractivity contribution is -0.133. The van der Waals surface area contributed by atoms with Gasteiger partial charge in [0.1, 0.15) is 5.82 Å². The quantitative estimate of drug-likeness (QED) is 0.805. The molecule has 20 heavy (non-hydrogen) atoms. The Bertz CT molecular complexity index is 481. The molecule has 0 aliphatic heterocycles. The van der Waals surface area contributed by atoms with Gasteiger partial charge in [-0.1, -0.05) is 24.6 Å². The van der Waals surface area contributed by atoms with Crippen LogP contribution in [0.25, 0.3) is 0 Å². The number of aliphatic carboxylic acids is 1. The Labute approximate surface area is 123 Å². The van der Waals surface area contributed by atoms with Crippen LogP contribution < -0.4 is 0 Å². The molecule has 0 unspecified atom stereocenters. The van der Waals surface area contributed by atoms with E-state index in [-0.39, 0.29) is 11.3 Å². The van der Waals surface area contributed by atoms with Crippen molar-refractivity contribution < 1.29 is 9.90 Å². The van der Waals surface area contributed by atoms with Gasteiger partial charge < -0.3 is 14.6 Å². The minimum Gasteiger partial charge on any atom is -0.481 e. The summed E-state index contributed by atoms with van der Waals surface area (Å²) in [6.07, 6.45) is 4.83. The third kappa shape index (κ3) is 3.15. The summed E-state index contributed by atoms with van der Waals surface area (Å²) in [7, 11) is 4.24. The molecular weight excluding hydrogens is 276 g/mol. The van der Waals surface area contributed by atoms with Crippen molar-refractivity contribution in [1.82, 2.24) is 19.7 Å². The van der Waals surface area contributed by atoms with Crippen LogP contribution in [0.3, 0.4) is 0 Å². The highest BCUT2D eigenvalue weighted by Gasteiger charge is 2.37. The first-order valence-corrected chi connectivity index (χ1v) is 7.85. The Morgan fingerprint density at radius 2 is 2.05 bits per heavy atom. The van der Waals surface area contributed by atoms with Crippen molar-refractivity contribution in [3.05, 3.63) is 5.82 Å². The summed E-state index contributed by atoms with van der Waals surface area (Å²) in [5, 5.41) is 17.7. The van der Waals surface area contributed by atoms with Crippen molar-refractivity contribution in [3.8, 4) is 0 Å². The van der Waals surface area contributed by atoms with Crippen molar-refractivity contribution in [3.63, 3.8) is 0 Å². The van der Waals surface area contributed by atoms with E-state index in [0.717, 1.165) is 12.4 Å². The molecule has 1 fully saturated rings. The molecule has 2 rings (SSSR count). The molecule has 7 heteroatoms. The number of hydrogen-bond acceptors (Lipinski definition) is 5. The van der Waals surface area contributed by atoms with E-state index in [4.69, 9.17) is 5.11 Å². The first-order valence-electron chi connectivity index (χ1n) is 6.86. The minimum absolute atomic E-state index is 0.0209. The summed E-state index contributed by atoms with van der Waals surface area (Å²) in [6.45, 7) is 2.76. The molecule has 0 aromatic carbocycles. The molecule has 112 valence electrons. The maximum absolute atomic E-state index is 10.7. The van der Waals surface area contributed by atoms with E-state index in [9.17, 15) is 4.79 Å². The molecule has 1 heterocycles. The van der Waals surface area contributed by atoms with Crippen LogP contribution in [0.2, 0.25) is 0 Å². The molecule has 0 bridgehead atoms. The fraction of sp³-hybridized carbons (Fsp3) is 0.769. The number of rotatable bonds is 6. The first-order chi connectivity index (χ1) is 9.44. The maximum atomic E-state index is 10.7. The Hall–Kier alpha value is -1.08. The van der Waals surface area contributed by atoms with E-state index in [0.29, 0.717) is 5.16 Å². The third-order valence-electron chi connectivity index (χ3n) is 4.16. The fourth-order valence-electron chi connectivity index (χ4n) is 2.85. The van der Waals surface area contributed by atoms with Crippen molar-refractivity contribution in [2.45, 2.75) is 49.8 Å². The number of hydrogen-bond donors (Lipinski definition) is 1. The zero-order valence-corrected chi connectivity index (χ0v) is 13.1. The van der Waals surface area contributed by atoms with Crippen LogP contribution in [0.5, 0.6) is 0 Å². The smallest absolute Gasteiger partial charge is 0.313 e. The number of likely N-dealkylation sites (N-methyl/N-ethyl adjacent to an activating group) is 1. The molecule has 1 aliphatic carbocycles. The Morgan fingerprint density at radius 1 is 1.40 bits per heavy atom. The van der Waals surface area contributed by atoms with Gasteiger partial charge in [-0.15, -0.1) is 10.2 Å². The molecule has 0 atom stereocenters. The highest BCUT2D eigenvalue weighted by molar-refractivity contribution is 7.99. The number of nitrogens with zero attached hydrogens (tertiary/aromatic N) is 4. The van der Waals surface area contributed by atoms with Crippen LogP contribution >= 0.6 is 11.8 Å². The minimum atomic E-state index is -0.828. The summed E-state index contributed by atoms with van der Waals surface area (Å²) in [5.41, 5.74) is 0.145. The van der Waals surface area contributed by atoms with Gasteiger partial charge in [0.25, 0.3) is 0 Å². The fourth-order valence-corrected chi connectivity index (χ4v) is 3.55. The van der Waals surface area contributed by atoms with Gasteiger partial charge >= 0.3 is 5.97 Å². The lowest BCUT2D eigenvalue weighted by atomic mass is 9.96. The van der Waals surface area contributed by atoms with Gasteiger partial charge in [0.15, 0.2) is 5.16 Å². The van der Waals surface area contributed by atoms with E-state index in [1.54, 1.807) is 0 Å². The van der Waals surface area contributed by atoms with Gasteiger partial charge in [-0.25, -0.2) is 0 Å². The van der Waals surface area contributed by atoms with Gasteiger partial charge in [0, 0.05) is 12.1 Å². The van der Waals surface area contributed by atoms with Gasteiger partial charge in [0.05, 0.1) is 5.75 Å². The second kappa shape index (κ2) is 6.13. The lowest BCUT2D eigenvalue weighted by Gasteiger charge is -2.37. The van der Waals surface area contributed by atoms with Gasteiger partial charge in [-0.3, -0.25) is 4.79 Å². The van der Waals surface area contributed by atoms with Crippen LogP contribution in [0.4, 0.5) is 0 Å². The molecule has 1 N–H and O–H groups in total. The monoisotopic (exact) mass is 298 g/mol. The van der Waals surface area contributed by atoms with Gasteiger partial charge in [0.2, 0.25) is 0 Å². The second-order valence-corrected chi connectivity index (χ2v) is 6.57. The summed E-state index contributed by atoms with van der Waals surface area (Å²) < 4.78 is 2.07. The van der Waals surface area contributed by atoms with Crippen molar-refractivity contribution in [2.24, 2.45) is 0 Å². The lowest BCUT2D eigenvalue weighted by Crippen LogP contribution is -2.45. The molecule has 0 saturated heterocycles. The standard InChI is InChI=1S/C13H22N4O2S/c1-10-14-15-12(20-8-11(18)19)17(10)9-13(16(2)3)6-4-5-7-13/h4-9H2,1-3H3,(H,18,19). The maximum Gasteiger partial charge on any atom is 0.313 e. The number of carboxylic acid groups (broad SMARTS) is 1. The number of carbonyl (C=O) groups is 1. The zero-order chi connectivity index (χ0) is 14.8. The highest BCUT2D eigenvalue weighted by atomic mass is 32.2. The summed E-state index contributed by atoms with van der Waals surface area (Å²) in [6, 6.07) is 0. The largest absolute Gasteiger partial charge is 0.481 e. The number of aryl methyl sites for hydroxylation is 1. The molecular formula is C13H22N4O2S. The van der Waals surface area contributed by atoms with Crippen LogP contribution in [0.1, 0.15) is 31.5 Å². The molecule has 0 radical (unpaired) electrons. The molecule has 0 amide bonds. The van der Waals surface area contributed by atoms with Crippen LogP contribution in [0, 0.1) is 6.92 Å². The summed E-state index contributed by atoms with van der Waals surface area (Å²) >= 11 is 1.24. The predicted octanol–water partition coefficient (Wildman–Crippen LogP) is 1.64. The SMILES string of the molecule is Cc1nnc(SCC(=O)O)n1CC1(N(C)C)CCCC1. The molecule has 1 aromatic rings. The second-order valence-electron chi connectivity index (χ2n) is 5.62. The predicted molar refractivity (Wildman–Crippen MR) is 78.0 cm³/mol. The van der Waals surface area contributed by atoms with Gasteiger partial charge in [-0.2, -0.15) is 0 Å². The number of thioether (sulfide) groups is 1. The van der Waals surface area contributed by atoms with E-state index < -0.39 is 5.97 Å². The normalized spacial score (nSPS) is 17.8. The zero-order valence-electron chi connectivity index (χ0n) is 12.3. The highest BCUT2D eigenvalue weighted by Crippen LogP contribution is 2.36. The van der Waals surface area contributed by atoms with Crippen LogP contribution in [-0.2, 0) is 11.3 Å². The van der Waals surface area contributed by atoms with E-state index in [2.05, 4.69) is 33.8 Å². The van der Waals surface area contributed by atoms with Crippen LogP contribution in [0.15, 0.2) is 5.16 Å². The molecule has 0 spiro atoms. The molecule has 1 aromatic heterocycles. The molecule has 6 nitrogen and oxygen atoms in total. The summed E-state index contributed by atoms with van der Waals surface area (Å²) in [4.78, 5) is 13.0. The average Bonchev–Trinajstić information content (AvgIpc) is 2.97. The van der Waals surface area contributed by atoms with E-state index in [1.807, 2.05) is 6.92 Å². The van der Waals surface area contributed by atoms with Gasteiger partial charge in [-0.05, 0) is 33.9 Å². The average molecular weight is 298 g/mol. The first kappa shape index (κ1) is 15.3. The Kier molecular flexibility index (Phi) is 4.70. The van der Waals surface area contributed by atoms with Crippen LogP contribution in [-0.4, -0.2) is 56.1 Å². The number of carboxylic acids is 1. The summed E-state index contributed by atoms with van der Waals surface area (Å²) in [5.74, 6) is 0.0454. The Morgan fingerprint density at radius 3 is 2.60 bits per heavy atom. The molecule has 1 saturated carbocycles. The Balaban J connectivity index is 2.19. The van der Waals surface area contributed by atoms with E-state index in [1.165, 1.54) is 37.4 Å². The molecule has 1 aliphatic rings.